The van der Waals surface area contributed by atoms with E-state index in [1.165, 1.54) is 6.92 Å². The van der Waals surface area contributed by atoms with Gasteiger partial charge in [0.1, 0.15) is 0 Å². The maximum absolute atomic E-state index is 11.7. The average molecular weight is 274 g/mol. The van der Waals surface area contributed by atoms with Crippen LogP contribution in [0.3, 0.4) is 0 Å². The van der Waals surface area contributed by atoms with Gasteiger partial charge in [0.25, 0.3) is 0 Å². The molecule has 1 unspecified atom stereocenters. The highest BCUT2D eigenvalue weighted by molar-refractivity contribution is 7.89. The molecule has 7 nitrogen and oxygen atoms in total. The van der Waals surface area contributed by atoms with Crippen LogP contribution in [0.1, 0.15) is 25.8 Å². The number of aromatic nitrogens is 2. The van der Waals surface area contributed by atoms with Crippen molar-refractivity contribution in [3.8, 4) is 0 Å². The maximum atomic E-state index is 11.7. The van der Waals surface area contributed by atoms with Crippen molar-refractivity contribution in [1.82, 2.24) is 20.2 Å². The summed E-state index contributed by atoms with van der Waals surface area (Å²) in [4.78, 5) is 11.7. The Hall–Kier alpha value is -1.41. The van der Waals surface area contributed by atoms with Gasteiger partial charge in [0.05, 0.1) is 18.0 Å². The third-order valence-electron chi connectivity index (χ3n) is 2.24. The van der Waals surface area contributed by atoms with Crippen LogP contribution in [0.5, 0.6) is 0 Å². The minimum absolute atomic E-state index is 0.0202. The number of carbonyl (C=O) groups excluding carboxylic acids is 1. The lowest BCUT2D eigenvalue weighted by atomic mass is 10.3. The summed E-state index contributed by atoms with van der Waals surface area (Å²) < 4.78 is 25.3. The van der Waals surface area contributed by atoms with Gasteiger partial charge in [-0.1, -0.05) is 6.92 Å². The first-order valence-corrected chi connectivity index (χ1v) is 7.35. The van der Waals surface area contributed by atoms with E-state index < -0.39 is 16.1 Å². The summed E-state index contributed by atoms with van der Waals surface area (Å²) in [6.45, 7) is 3.59. The number of hydrogen-bond acceptors (Lipinski definition) is 4. The number of hydrogen-bond donors (Lipinski definition) is 3. The number of sulfonamides is 1. The minimum atomic E-state index is -3.38. The van der Waals surface area contributed by atoms with Gasteiger partial charge < -0.3 is 5.32 Å². The summed E-state index contributed by atoms with van der Waals surface area (Å²) in [5.74, 6) is -0.345. The maximum Gasteiger partial charge on any atom is 0.238 e. The van der Waals surface area contributed by atoms with Crippen molar-refractivity contribution in [1.29, 1.82) is 0 Å². The van der Waals surface area contributed by atoms with Crippen LogP contribution in [0.25, 0.3) is 0 Å². The molecule has 1 amide bonds. The molecule has 1 aromatic rings. The van der Waals surface area contributed by atoms with Gasteiger partial charge in [-0.3, -0.25) is 9.89 Å². The zero-order valence-corrected chi connectivity index (χ0v) is 11.3. The zero-order valence-electron chi connectivity index (χ0n) is 10.4. The number of aromatic amines is 1. The third-order valence-corrected chi connectivity index (χ3v) is 3.90. The Balaban J connectivity index is 2.42. The van der Waals surface area contributed by atoms with E-state index in [0.717, 1.165) is 5.56 Å². The highest BCUT2D eigenvalue weighted by Gasteiger charge is 2.19. The number of H-pyrrole nitrogens is 1. The highest BCUT2D eigenvalue weighted by Crippen LogP contribution is 1.95. The molecule has 0 aliphatic heterocycles. The number of nitrogens with zero attached hydrogens (tertiary/aromatic N) is 1. The van der Waals surface area contributed by atoms with Gasteiger partial charge in [-0.05, 0) is 13.3 Å². The van der Waals surface area contributed by atoms with Crippen LogP contribution in [0.15, 0.2) is 12.4 Å². The number of rotatable bonds is 7. The van der Waals surface area contributed by atoms with E-state index in [-0.39, 0.29) is 11.7 Å². The molecule has 8 heteroatoms. The molecule has 18 heavy (non-hydrogen) atoms. The van der Waals surface area contributed by atoms with Crippen molar-refractivity contribution >= 4 is 15.9 Å². The standard InChI is InChI=1S/C10H18N4O3S/c1-3-4-18(16,17)14-8(2)10(15)11-5-9-6-12-13-7-9/h6-8,14H,3-5H2,1-2H3,(H,11,15)(H,12,13). The fraction of sp³-hybridized carbons (Fsp3) is 0.600. The second kappa shape index (κ2) is 6.50. The molecule has 0 bridgehead atoms. The van der Waals surface area contributed by atoms with Crippen molar-refractivity contribution < 1.29 is 13.2 Å². The van der Waals surface area contributed by atoms with Crippen molar-refractivity contribution in [2.45, 2.75) is 32.9 Å². The van der Waals surface area contributed by atoms with Crippen molar-refractivity contribution in [3.63, 3.8) is 0 Å². The van der Waals surface area contributed by atoms with Gasteiger partial charge in [0.15, 0.2) is 0 Å². The Kier molecular flexibility index (Phi) is 5.29. The van der Waals surface area contributed by atoms with Gasteiger partial charge in [-0.2, -0.15) is 5.10 Å². The molecule has 1 heterocycles. The van der Waals surface area contributed by atoms with Crippen LogP contribution < -0.4 is 10.0 Å². The van der Waals surface area contributed by atoms with Gasteiger partial charge in [0.2, 0.25) is 15.9 Å². The molecule has 0 saturated heterocycles. The summed E-state index contributed by atoms with van der Waals surface area (Å²) in [6, 6.07) is -0.784. The smallest absolute Gasteiger partial charge is 0.238 e. The molecule has 0 fully saturated rings. The van der Waals surface area contributed by atoms with E-state index in [0.29, 0.717) is 13.0 Å². The number of nitrogens with one attached hydrogen (secondary N) is 3. The first-order chi connectivity index (χ1) is 8.44. The predicted octanol–water partition coefficient (Wildman–Crippen LogP) is -0.256. The summed E-state index contributed by atoms with van der Waals surface area (Å²) in [7, 11) is -3.38. The largest absolute Gasteiger partial charge is 0.351 e. The van der Waals surface area contributed by atoms with E-state index in [2.05, 4.69) is 20.2 Å². The molecule has 0 radical (unpaired) electrons. The van der Waals surface area contributed by atoms with Crippen LogP contribution in [0.2, 0.25) is 0 Å². The van der Waals surface area contributed by atoms with E-state index in [9.17, 15) is 13.2 Å². The fourth-order valence-electron chi connectivity index (χ4n) is 1.37. The van der Waals surface area contributed by atoms with Gasteiger partial charge >= 0.3 is 0 Å². The second-order valence-corrected chi connectivity index (χ2v) is 5.86. The lowest BCUT2D eigenvalue weighted by Crippen LogP contribution is -2.45. The molecule has 0 aliphatic rings. The molecule has 1 aromatic heterocycles. The average Bonchev–Trinajstić information content (AvgIpc) is 2.77. The van der Waals surface area contributed by atoms with E-state index in [1.54, 1.807) is 19.3 Å². The third kappa shape index (κ3) is 4.84. The molecular formula is C10H18N4O3S. The monoisotopic (exact) mass is 274 g/mol. The Morgan fingerprint density at radius 3 is 2.83 bits per heavy atom. The Labute approximate surface area is 106 Å². The molecule has 102 valence electrons. The second-order valence-electron chi connectivity index (χ2n) is 3.98. The zero-order chi connectivity index (χ0) is 13.6. The van der Waals surface area contributed by atoms with Crippen LogP contribution >= 0.6 is 0 Å². The van der Waals surface area contributed by atoms with Crippen molar-refractivity contribution in [2.75, 3.05) is 5.75 Å². The molecule has 0 saturated carbocycles. The normalized spacial score (nSPS) is 13.2. The predicted molar refractivity (Wildman–Crippen MR) is 67.1 cm³/mol. The lowest BCUT2D eigenvalue weighted by molar-refractivity contribution is -0.122. The van der Waals surface area contributed by atoms with E-state index in [4.69, 9.17) is 0 Å². The fourth-order valence-corrected chi connectivity index (χ4v) is 2.67. The Morgan fingerprint density at radius 2 is 2.28 bits per heavy atom. The lowest BCUT2D eigenvalue weighted by Gasteiger charge is -2.13. The molecule has 1 atom stereocenters. The minimum Gasteiger partial charge on any atom is -0.351 e. The van der Waals surface area contributed by atoms with Crippen LogP contribution in [0, 0.1) is 0 Å². The summed E-state index contributed by atoms with van der Waals surface area (Å²) in [5.41, 5.74) is 0.826. The molecular weight excluding hydrogens is 256 g/mol. The highest BCUT2D eigenvalue weighted by atomic mass is 32.2. The molecule has 1 rings (SSSR count). The van der Waals surface area contributed by atoms with Crippen molar-refractivity contribution in [3.05, 3.63) is 18.0 Å². The first-order valence-electron chi connectivity index (χ1n) is 5.70. The molecule has 0 aromatic carbocycles. The Morgan fingerprint density at radius 1 is 1.56 bits per heavy atom. The van der Waals surface area contributed by atoms with Crippen molar-refractivity contribution in [2.24, 2.45) is 0 Å². The molecule has 0 aliphatic carbocycles. The first kappa shape index (κ1) is 14.7. The topological polar surface area (TPSA) is 104 Å². The van der Waals surface area contributed by atoms with Crippen LogP contribution in [-0.2, 0) is 21.4 Å². The number of amides is 1. The molecule has 3 N–H and O–H groups in total. The van der Waals surface area contributed by atoms with Gasteiger partial charge in [-0.25, -0.2) is 13.1 Å². The summed E-state index contributed by atoms with van der Waals surface area (Å²) in [5, 5.41) is 8.99. The van der Waals surface area contributed by atoms with Crippen LogP contribution in [0.4, 0.5) is 0 Å². The summed E-state index contributed by atoms with van der Waals surface area (Å²) in [6.07, 6.45) is 3.76. The summed E-state index contributed by atoms with van der Waals surface area (Å²) >= 11 is 0. The number of carbonyl (C=O) groups is 1. The van der Waals surface area contributed by atoms with Gasteiger partial charge in [-0.15, -0.1) is 0 Å². The SMILES string of the molecule is CCCS(=O)(=O)NC(C)C(=O)NCc1cn[nH]c1. The van der Waals surface area contributed by atoms with E-state index >= 15 is 0 Å². The molecule has 0 spiro atoms. The van der Waals surface area contributed by atoms with Gasteiger partial charge in [0, 0.05) is 18.3 Å². The van der Waals surface area contributed by atoms with Crippen LogP contribution in [-0.4, -0.2) is 36.3 Å². The quantitative estimate of drug-likeness (QED) is 0.637. The Bertz CT molecular complexity index is 469. The van der Waals surface area contributed by atoms with E-state index in [1.807, 2.05) is 0 Å².